The molecule has 0 atom stereocenters. The molecule has 130 valence electrons. The maximum atomic E-state index is 12.5. The molecule has 0 spiro atoms. The normalized spacial score (nSPS) is 11.0. The van der Waals surface area contributed by atoms with E-state index in [1.807, 2.05) is 40.6 Å². The van der Waals surface area contributed by atoms with Crippen molar-refractivity contribution in [2.75, 3.05) is 5.32 Å². The summed E-state index contributed by atoms with van der Waals surface area (Å²) in [7, 11) is 1.85. The molecular formula is C19H16ClN5O. The monoisotopic (exact) mass is 365 g/mol. The van der Waals surface area contributed by atoms with Gasteiger partial charge >= 0.3 is 0 Å². The Morgan fingerprint density at radius 2 is 2.00 bits per heavy atom. The van der Waals surface area contributed by atoms with Gasteiger partial charge in [0.25, 0.3) is 5.91 Å². The first-order valence-electron chi connectivity index (χ1n) is 8.08. The molecule has 0 unspecified atom stereocenters. The van der Waals surface area contributed by atoms with Crippen LogP contribution in [0, 0.1) is 0 Å². The van der Waals surface area contributed by atoms with Gasteiger partial charge in [0.2, 0.25) is 5.95 Å². The minimum Gasteiger partial charge on any atom is -0.333 e. The van der Waals surface area contributed by atoms with Crippen molar-refractivity contribution in [2.45, 2.75) is 6.54 Å². The van der Waals surface area contributed by atoms with Crippen molar-refractivity contribution < 1.29 is 4.79 Å². The SMILES string of the molecule is Cn1c(NC(=O)c2ccc(Cn3ccnc3)cc2)nc2cc(Cl)ccc21. The first-order chi connectivity index (χ1) is 12.6. The van der Waals surface area contributed by atoms with Crippen molar-refractivity contribution >= 4 is 34.5 Å². The van der Waals surface area contributed by atoms with Crippen molar-refractivity contribution in [3.05, 3.63) is 77.3 Å². The molecule has 0 aliphatic carbocycles. The van der Waals surface area contributed by atoms with Crippen LogP contribution >= 0.6 is 11.6 Å². The lowest BCUT2D eigenvalue weighted by molar-refractivity contribution is 0.102. The number of hydrogen-bond donors (Lipinski definition) is 1. The van der Waals surface area contributed by atoms with Crippen LogP contribution in [0.4, 0.5) is 5.95 Å². The molecule has 26 heavy (non-hydrogen) atoms. The van der Waals surface area contributed by atoms with Gasteiger partial charge in [-0.05, 0) is 35.9 Å². The molecule has 0 saturated heterocycles. The van der Waals surface area contributed by atoms with E-state index in [0.29, 0.717) is 23.1 Å². The van der Waals surface area contributed by atoms with E-state index in [0.717, 1.165) is 16.6 Å². The Kier molecular flexibility index (Phi) is 4.18. The lowest BCUT2D eigenvalue weighted by Crippen LogP contribution is -2.15. The molecule has 4 rings (SSSR count). The summed E-state index contributed by atoms with van der Waals surface area (Å²) in [5.74, 6) is 0.276. The number of aromatic nitrogens is 4. The van der Waals surface area contributed by atoms with Gasteiger partial charge in [0.1, 0.15) is 0 Å². The van der Waals surface area contributed by atoms with E-state index in [4.69, 9.17) is 11.6 Å². The number of amides is 1. The average molecular weight is 366 g/mol. The smallest absolute Gasteiger partial charge is 0.257 e. The summed E-state index contributed by atoms with van der Waals surface area (Å²) >= 11 is 6.01. The summed E-state index contributed by atoms with van der Waals surface area (Å²) in [6, 6.07) is 12.9. The Morgan fingerprint density at radius 3 is 2.73 bits per heavy atom. The molecule has 0 aliphatic heterocycles. The highest BCUT2D eigenvalue weighted by Crippen LogP contribution is 2.22. The molecule has 0 bridgehead atoms. The van der Waals surface area contributed by atoms with E-state index in [1.165, 1.54) is 0 Å². The van der Waals surface area contributed by atoms with Crippen molar-refractivity contribution in [1.82, 2.24) is 19.1 Å². The molecule has 0 saturated carbocycles. The van der Waals surface area contributed by atoms with Crippen molar-refractivity contribution in [3.8, 4) is 0 Å². The fourth-order valence-corrected chi connectivity index (χ4v) is 2.98. The standard InChI is InChI=1S/C19H16ClN5O/c1-24-17-7-6-15(20)10-16(17)22-19(24)23-18(26)14-4-2-13(3-5-14)11-25-9-8-21-12-25/h2-10,12H,11H2,1H3,(H,22,23,26). The molecule has 6 nitrogen and oxygen atoms in total. The fraction of sp³-hybridized carbons (Fsp3) is 0.105. The molecule has 1 amide bonds. The summed E-state index contributed by atoms with van der Waals surface area (Å²) in [5, 5.41) is 3.47. The molecule has 0 radical (unpaired) electrons. The number of nitrogens with zero attached hydrogens (tertiary/aromatic N) is 4. The predicted molar refractivity (Wildman–Crippen MR) is 101 cm³/mol. The average Bonchev–Trinajstić information content (AvgIpc) is 3.24. The van der Waals surface area contributed by atoms with Crippen LogP contribution in [0.3, 0.4) is 0 Å². The Balaban J connectivity index is 1.52. The molecule has 1 N–H and O–H groups in total. The third-order valence-electron chi connectivity index (χ3n) is 4.21. The van der Waals surface area contributed by atoms with Gasteiger partial charge < -0.3 is 9.13 Å². The number of fused-ring (bicyclic) bond motifs is 1. The number of carbonyl (C=O) groups excluding carboxylic acids is 1. The molecule has 0 fully saturated rings. The van der Waals surface area contributed by atoms with E-state index in [-0.39, 0.29) is 5.91 Å². The lowest BCUT2D eigenvalue weighted by Gasteiger charge is -2.07. The zero-order valence-electron chi connectivity index (χ0n) is 14.1. The highest BCUT2D eigenvalue weighted by molar-refractivity contribution is 6.31. The number of nitrogens with one attached hydrogen (secondary N) is 1. The number of halogens is 1. The minimum absolute atomic E-state index is 0.205. The van der Waals surface area contributed by atoms with Gasteiger partial charge in [-0.1, -0.05) is 23.7 Å². The van der Waals surface area contributed by atoms with Gasteiger partial charge in [-0.25, -0.2) is 9.97 Å². The number of hydrogen-bond acceptors (Lipinski definition) is 3. The van der Waals surface area contributed by atoms with Gasteiger partial charge in [-0.3, -0.25) is 10.1 Å². The van der Waals surface area contributed by atoms with E-state index in [2.05, 4.69) is 15.3 Å². The van der Waals surface area contributed by atoms with Crippen LogP contribution in [0.5, 0.6) is 0 Å². The lowest BCUT2D eigenvalue weighted by atomic mass is 10.1. The quantitative estimate of drug-likeness (QED) is 0.599. The maximum absolute atomic E-state index is 12.5. The highest BCUT2D eigenvalue weighted by atomic mass is 35.5. The third kappa shape index (κ3) is 3.19. The fourth-order valence-electron chi connectivity index (χ4n) is 2.81. The largest absolute Gasteiger partial charge is 0.333 e. The van der Waals surface area contributed by atoms with E-state index in [1.54, 1.807) is 36.8 Å². The van der Waals surface area contributed by atoms with Crippen LogP contribution in [0.1, 0.15) is 15.9 Å². The Labute approximate surface area is 155 Å². The molecule has 4 aromatic rings. The Hall–Kier alpha value is -3.12. The van der Waals surface area contributed by atoms with E-state index in [9.17, 15) is 4.79 Å². The second kappa shape index (κ2) is 6.65. The number of anilines is 1. The number of carbonyl (C=O) groups is 1. The first kappa shape index (κ1) is 16.4. The van der Waals surface area contributed by atoms with Crippen LogP contribution in [0.15, 0.2) is 61.2 Å². The topological polar surface area (TPSA) is 64.7 Å². The molecule has 2 heterocycles. The molecule has 2 aromatic heterocycles. The first-order valence-corrected chi connectivity index (χ1v) is 8.46. The van der Waals surface area contributed by atoms with Crippen LogP contribution in [-0.2, 0) is 13.6 Å². The second-order valence-electron chi connectivity index (χ2n) is 6.01. The van der Waals surface area contributed by atoms with Gasteiger partial charge in [0.05, 0.1) is 17.4 Å². The van der Waals surface area contributed by atoms with Crippen molar-refractivity contribution in [2.24, 2.45) is 7.05 Å². The molecule has 2 aromatic carbocycles. The van der Waals surface area contributed by atoms with Gasteiger partial charge in [-0.2, -0.15) is 0 Å². The van der Waals surface area contributed by atoms with E-state index < -0.39 is 0 Å². The summed E-state index contributed by atoms with van der Waals surface area (Å²) in [4.78, 5) is 21.0. The summed E-state index contributed by atoms with van der Waals surface area (Å²) in [6.07, 6.45) is 5.41. The molecular weight excluding hydrogens is 350 g/mol. The van der Waals surface area contributed by atoms with Crippen LogP contribution < -0.4 is 5.32 Å². The minimum atomic E-state index is -0.205. The van der Waals surface area contributed by atoms with Crippen LogP contribution in [0.2, 0.25) is 5.02 Å². The Bertz CT molecular complexity index is 1070. The third-order valence-corrected chi connectivity index (χ3v) is 4.44. The number of rotatable bonds is 4. The number of aryl methyl sites for hydroxylation is 1. The van der Waals surface area contributed by atoms with E-state index >= 15 is 0 Å². The van der Waals surface area contributed by atoms with Crippen molar-refractivity contribution in [3.63, 3.8) is 0 Å². The zero-order chi connectivity index (χ0) is 18.1. The zero-order valence-corrected chi connectivity index (χ0v) is 14.8. The van der Waals surface area contributed by atoms with Gasteiger partial charge in [0, 0.05) is 36.6 Å². The summed E-state index contributed by atoms with van der Waals surface area (Å²) in [5.41, 5.74) is 3.31. The molecule has 7 heteroatoms. The summed E-state index contributed by atoms with van der Waals surface area (Å²) in [6.45, 7) is 0.716. The van der Waals surface area contributed by atoms with Crippen molar-refractivity contribution in [1.29, 1.82) is 0 Å². The number of benzene rings is 2. The Morgan fingerprint density at radius 1 is 1.19 bits per heavy atom. The number of imidazole rings is 2. The van der Waals surface area contributed by atoms with Crippen LogP contribution in [0.25, 0.3) is 11.0 Å². The summed E-state index contributed by atoms with van der Waals surface area (Å²) < 4.78 is 3.80. The maximum Gasteiger partial charge on any atom is 0.257 e. The van der Waals surface area contributed by atoms with Gasteiger partial charge in [-0.15, -0.1) is 0 Å². The molecule has 0 aliphatic rings. The predicted octanol–water partition coefficient (Wildman–Crippen LogP) is 3.72. The second-order valence-corrected chi connectivity index (χ2v) is 6.45. The highest BCUT2D eigenvalue weighted by Gasteiger charge is 2.12. The van der Waals surface area contributed by atoms with Crippen LogP contribution in [-0.4, -0.2) is 25.0 Å². The van der Waals surface area contributed by atoms with Gasteiger partial charge in [0.15, 0.2) is 0 Å².